The lowest BCUT2D eigenvalue weighted by Crippen LogP contribution is -2.62. The summed E-state index contributed by atoms with van der Waals surface area (Å²) >= 11 is 0. The zero-order valence-corrected chi connectivity index (χ0v) is 49.2. The summed E-state index contributed by atoms with van der Waals surface area (Å²) in [6.07, 6.45) is 4.67. The van der Waals surface area contributed by atoms with Crippen LogP contribution in [0.1, 0.15) is 188 Å². The molecule has 2 aliphatic heterocycles. The minimum absolute atomic E-state index is 0.00606. The highest BCUT2D eigenvalue weighted by Crippen LogP contribution is 2.54. The highest BCUT2D eigenvalue weighted by Gasteiger charge is 2.48. The van der Waals surface area contributed by atoms with E-state index in [0.717, 1.165) is 51.8 Å². The van der Waals surface area contributed by atoms with Crippen LogP contribution in [0.25, 0.3) is 21.9 Å². The molecule has 7 aromatic carbocycles. The van der Waals surface area contributed by atoms with E-state index in [2.05, 4.69) is 255 Å². The number of nitrogens with zero attached hydrogens (tertiary/aromatic N) is 2. The van der Waals surface area contributed by atoms with Crippen molar-refractivity contribution in [2.45, 2.75) is 188 Å². The molecule has 2 aliphatic carbocycles. The third-order valence-electron chi connectivity index (χ3n) is 19.0. The van der Waals surface area contributed by atoms with Gasteiger partial charge < -0.3 is 19.5 Å². The topological polar surface area (TPSA) is 31.6 Å². The molecule has 4 nitrogen and oxygen atoms in total. The van der Waals surface area contributed by atoms with E-state index < -0.39 is 0 Å². The summed E-state index contributed by atoms with van der Waals surface area (Å²) in [5.74, 6) is 0. The van der Waals surface area contributed by atoms with E-state index in [-0.39, 0.29) is 44.6 Å². The third-order valence-corrected chi connectivity index (χ3v) is 19.0. The van der Waals surface area contributed by atoms with Crippen LogP contribution in [0.15, 0.2) is 120 Å². The summed E-state index contributed by atoms with van der Waals surface area (Å²) in [6.45, 7) is 42.8. The number of fused-ring (bicyclic) bond motifs is 9. The molecular formula is C71H82BN3O. The van der Waals surface area contributed by atoms with Gasteiger partial charge in [-0.05, 0) is 198 Å². The average Bonchev–Trinajstić information content (AvgIpc) is 3.79. The van der Waals surface area contributed by atoms with Gasteiger partial charge in [0.25, 0.3) is 6.71 Å². The molecule has 390 valence electrons. The molecule has 4 aliphatic rings. The molecule has 0 bridgehead atoms. The first kappa shape index (κ1) is 50.6. The van der Waals surface area contributed by atoms with E-state index in [1.165, 1.54) is 102 Å². The van der Waals surface area contributed by atoms with Crippen molar-refractivity contribution in [1.82, 2.24) is 0 Å². The first-order valence-corrected chi connectivity index (χ1v) is 28.5. The SMILES string of the molecule is Cc1cc(C(C)(C)C)ccc1Nc1ccc2c(c1)N(c1ccc3c(c1)oc1cc(C(C)(C)C)ccc13)c1cc(C(C)(C)C)cc3c1B2c1cc2c(cc1N3c1ccc3c(c1)C(C)(C)CCC3(C)C)C(C)(C)CCC2(C)C. The van der Waals surface area contributed by atoms with Gasteiger partial charge in [-0.2, -0.15) is 0 Å². The molecule has 0 unspecified atom stereocenters. The lowest BCUT2D eigenvalue weighted by atomic mass is 9.33. The zero-order chi connectivity index (χ0) is 54.2. The smallest absolute Gasteiger partial charge is 0.252 e. The Bertz CT molecular complexity index is 3730. The molecule has 1 aromatic heterocycles. The highest BCUT2D eigenvalue weighted by molar-refractivity contribution is 7.00. The lowest BCUT2D eigenvalue weighted by Gasteiger charge is -2.48. The minimum Gasteiger partial charge on any atom is -0.456 e. The first-order chi connectivity index (χ1) is 35.4. The Morgan fingerprint density at radius 2 is 0.921 bits per heavy atom. The van der Waals surface area contributed by atoms with Gasteiger partial charge in [-0.15, -0.1) is 0 Å². The zero-order valence-electron chi connectivity index (χ0n) is 49.2. The molecule has 5 heteroatoms. The van der Waals surface area contributed by atoms with Crippen LogP contribution >= 0.6 is 0 Å². The van der Waals surface area contributed by atoms with Gasteiger partial charge in [0.05, 0.1) is 0 Å². The molecular weight excluding hydrogens is 922 g/mol. The summed E-state index contributed by atoms with van der Waals surface area (Å²) < 4.78 is 6.94. The van der Waals surface area contributed by atoms with Crippen molar-refractivity contribution in [2.24, 2.45) is 0 Å². The fourth-order valence-electron chi connectivity index (χ4n) is 13.6. The van der Waals surface area contributed by atoms with Crippen molar-refractivity contribution < 1.29 is 4.42 Å². The molecule has 76 heavy (non-hydrogen) atoms. The fourth-order valence-corrected chi connectivity index (χ4v) is 13.6. The Labute approximate surface area is 455 Å². The predicted molar refractivity (Wildman–Crippen MR) is 329 cm³/mol. The molecule has 0 atom stereocenters. The molecule has 3 heterocycles. The van der Waals surface area contributed by atoms with Gasteiger partial charge in [0, 0.05) is 62.3 Å². The molecule has 8 aromatic rings. The fraction of sp³-hybridized carbons (Fsp3) is 0.408. The monoisotopic (exact) mass is 1000 g/mol. The second-order valence-electron chi connectivity index (χ2n) is 29.4. The van der Waals surface area contributed by atoms with Crippen LogP contribution in [0.3, 0.4) is 0 Å². The van der Waals surface area contributed by atoms with Gasteiger partial charge in [0.2, 0.25) is 0 Å². The molecule has 0 spiro atoms. The number of hydrogen-bond donors (Lipinski definition) is 1. The molecule has 12 rings (SSSR count). The van der Waals surface area contributed by atoms with Crippen LogP contribution in [0.2, 0.25) is 0 Å². The Kier molecular flexibility index (Phi) is 10.9. The highest BCUT2D eigenvalue weighted by atomic mass is 16.3. The molecule has 0 radical (unpaired) electrons. The van der Waals surface area contributed by atoms with Gasteiger partial charge in [-0.3, -0.25) is 0 Å². The van der Waals surface area contributed by atoms with Crippen molar-refractivity contribution in [1.29, 1.82) is 0 Å². The van der Waals surface area contributed by atoms with E-state index >= 15 is 0 Å². The van der Waals surface area contributed by atoms with Crippen molar-refractivity contribution in [3.8, 4) is 0 Å². The molecule has 0 amide bonds. The van der Waals surface area contributed by atoms with Gasteiger partial charge >= 0.3 is 0 Å². The summed E-state index contributed by atoms with van der Waals surface area (Å²) in [6, 6.07) is 45.8. The predicted octanol–water partition coefficient (Wildman–Crippen LogP) is 18.3. The van der Waals surface area contributed by atoms with E-state index in [0.29, 0.717) is 0 Å². The van der Waals surface area contributed by atoms with Crippen molar-refractivity contribution in [2.75, 3.05) is 15.1 Å². The maximum atomic E-state index is 6.94. The van der Waals surface area contributed by atoms with Crippen LogP contribution in [0, 0.1) is 6.92 Å². The van der Waals surface area contributed by atoms with Crippen molar-refractivity contribution in [3.05, 3.63) is 160 Å². The molecule has 0 fully saturated rings. The van der Waals surface area contributed by atoms with Gasteiger partial charge in [0.1, 0.15) is 11.2 Å². The van der Waals surface area contributed by atoms with Crippen LogP contribution in [0.4, 0.5) is 45.5 Å². The number of hydrogen-bond acceptors (Lipinski definition) is 4. The second-order valence-corrected chi connectivity index (χ2v) is 29.4. The minimum atomic E-state index is -0.156. The average molecular weight is 1000 g/mol. The summed E-state index contributed by atoms with van der Waals surface area (Å²) in [7, 11) is 0. The van der Waals surface area contributed by atoms with Crippen LogP contribution in [0.5, 0.6) is 0 Å². The van der Waals surface area contributed by atoms with E-state index in [1.807, 2.05) is 0 Å². The number of anilines is 8. The Morgan fingerprint density at radius 1 is 0.434 bits per heavy atom. The Balaban J connectivity index is 1.16. The van der Waals surface area contributed by atoms with E-state index in [9.17, 15) is 0 Å². The second kappa shape index (κ2) is 16.4. The number of aryl methyl sites for hydroxylation is 1. The number of benzene rings is 7. The molecule has 0 saturated heterocycles. The Morgan fingerprint density at radius 3 is 1.51 bits per heavy atom. The standard InChI is InChI=1S/C71H82BN3O/c1-42-33-43(65(2,3)4)20-28-57(42)73-46-21-27-55-58(37-46)75(48-22-25-50-49-24-19-44(66(5,6)7)36-62(49)76-63(50)39-48)61-35-45(67(8,9)10)34-60-64(61)72(55)56-40-53-54(71(17,18)32-31-70(53,15)16)41-59(56)74(60)47-23-26-51-52(38-47)69(13,14)30-29-68(51,11)12/h19-28,33-41,73H,29-32H2,1-18H3. The summed E-state index contributed by atoms with van der Waals surface area (Å²) in [5.41, 5.74) is 26.6. The van der Waals surface area contributed by atoms with E-state index in [4.69, 9.17) is 4.42 Å². The van der Waals surface area contributed by atoms with Crippen LogP contribution in [-0.2, 0) is 37.9 Å². The normalized spacial score (nSPS) is 18.0. The van der Waals surface area contributed by atoms with E-state index in [1.54, 1.807) is 0 Å². The maximum Gasteiger partial charge on any atom is 0.252 e. The first-order valence-electron chi connectivity index (χ1n) is 28.5. The molecule has 1 N–H and O–H groups in total. The third kappa shape index (κ3) is 7.97. The number of nitrogens with one attached hydrogen (secondary N) is 1. The largest absolute Gasteiger partial charge is 0.456 e. The quantitative estimate of drug-likeness (QED) is 0.178. The Hall–Kier alpha value is -6.20. The summed E-state index contributed by atoms with van der Waals surface area (Å²) in [5, 5.41) is 6.24. The number of rotatable bonds is 4. The molecule has 0 saturated carbocycles. The van der Waals surface area contributed by atoms with Crippen LogP contribution < -0.4 is 31.5 Å². The van der Waals surface area contributed by atoms with Gasteiger partial charge in [-0.1, -0.05) is 160 Å². The van der Waals surface area contributed by atoms with Gasteiger partial charge in [-0.25, -0.2) is 0 Å². The lowest BCUT2D eigenvalue weighted by molar-refractivity contribution is 0.332. The summed E-state index contributed by atoms with van der Waals surface area (Å²) in [4.78, 5) is 5.29. The van der Waals surface area contributed by atoms with Gasteiger partial charge in [0.15, 0.2) is 0 Å². The van der Waals surface area contributed by atoms with Crippen molar-refractivity contribution >= 4 is 90.5 Å². The maximum absolute atomic E-state index is 6.94. The van der Waals surface area contributed by atoms with Crippen molar-refractivity contribution in [3.63, 3.8) is 0 Å². The van der Waals surface area contributed by atoms with Crippen LogP contribution in [-0.4, -0.2) is 6.71 Å². The number of furan rings is 1.